The molecule has 0 aromatic rings. The minimum absolute atomic E-state index is 0.150. The van der Waals surface area contributed by atoms with Gasteiger partial charge >= 0.3 is 10.4 Å². The Morgan fingerprint density at radius 1 is 0.489 bits per heavy atom. The third-order valence-electron chi connectivity index (χ3n) is 9.45. The van der Waals surface area contributed by atoms with Crippen molar-refractivity contribution in [1.29, 1.82) is 0 Å². The molecule has 0 aliphatic rings. The summed E-state index contributed by atoms with van der Waals surface area (Å²) in [7, 11) is -4.07. The van der Waals surface area contributed by atoms with Gasteiger partial charge in [0.25, 0.3) is 0 Å². The van der Waals surface area contributed by atoms with Crippen LogP contribution in [0.15, 0.2) is 24.3 Å². The van der Waals surface area contributed by atoms with Gasteiger partial charge in [0.2, 0.25) is 0 Å². The Bertz CT molecular complexity index is 750. The van der Waals surface area contributed by atoms with Crippen molar-refractivity contribution >= 4 is 10.4 Å². The molecule has 0 saturated heterocycles. The zero-order valence-electron chi connectivity index (χ0n) is 31.6. The van der Waals surface area contributed by atoms with E-state index >= 15 is 0 Å². The Balaban J connectivity index is 4.13. The molecule has 0 radical (unpaired) electrons. The second kappa shape index (κ2) is 35.1. The monoisotopic (exact) mass is 685 g/mol. The molecule has 0 aliphatic carbocycles. The summed E-state index contributed by atoms with van der Waals surface area (Å²) in [6.45, 7) is 6.26. The second-order valence-corrected chi connectivity index (χ2v) is 15.7. The number of aliphatic hydroxyl groups excluding tert-OH is 1. The van der Waals surface area contributed by atoms with Gasteiger partial charge in [-0.15, -0.1) is 0 Å². The van der Waals surface area contributed by atoms with Gasteiger partial charge in [-0.3, -0.25) is 0 Å². The van der Waals surface area contributed by atoms with E-state index in [0.717, 1.165) is 25.7 Å². The van der Waals surface area contributed by atoms with Crippen LogP contribution in [0, 0.1) is 5.41 Å². The Hall–Kier alpha value is -0.690. The second-order valence-electron chi connectivity index (χ2n) is 14.4. The molecule has 0 fully saturated rings. The minimum Gasteiger partial charge on any atom is -0.394 e. The van der Waals surface area contributed by atoms with Gasteiger partial charge in [-0.05, 0) is 69.6 Å². The first kappa shape index (κ1) is 46.3. The first-order valence-corrected chi connectivity index (χ1v) is 21.7. The van der Waals surface area contributed by atoms with Gasteiger partial charge in [-0.25, -0.2) is 8.37 Å². The lowest BCUT2D eigenvalue weighted by molar-refractivity contribution is 0.107. The molecule has 0 rings (SSSR count). The highest BCUT2D eigenvalue weighted by molar-refractivity contribution is 7.81. The van der Waals surface area contributed by atoms with Gasteiger partial charge in [-0.2, -0.15) is 8.42 Å². The van der Waals surface area contributed by atoms with E-state index in [1.165, 1.54) is 167 Å². The van der Waals surface area contributed by atoms with Crippen LogP contribution >= 0.6 is 0 Å². The Morgan fingerprint density at radius 2 is 0.809 bits per heavy atom. The van der Waals surface area contributed by atoms with Crippen LogP contribution in [-0.4, -0.2) is 33.3 Å². The van der Waals surface area contributed by atoms with Gasteiger partial charge in [0.15, 0.2) is 0 Å². The summed E-state index contributed by atoms with van der Waals surface area (Å²) in [5, 5.41) is 8.92. The van der Waals surface area contributed by atoms with Crippen molar-refractivity contribution in [1.82, 2.24) is 0 Å². The maximum atomic E-state index is 12.1. The minimum atomic E-state index is -4.07. The van der Waals surface area contributed by atoms with E-state index in [-0.39, 0.29) is 25.2 Å². The van der Waals surface area contributed by atoms with Crippen molar-refractivity contribution in [2.75, 3.05) is 19.8 Å². The normalized spacial score (nSPS) is 12.7. The van der Waals surface area contributed by atoms with Crippen molar-refractivity contribution in [2.24, 2.45) is 5.41 Å². The van der Waals surface area contributed by atoms with Crippen molar-refractivity contribution < 1.29 is 21.9 Å². The fourth-order valence-electron chi connectivity index (χ4n) is 6.26. The third-order valence-corrected chi connectivity index (χ3v) is 10.3. The van der Waals surface area contributed by atoms with E-state index < -0.39 is 10.4 Å². The number of unbranched alkanes of at least 4 members (excludes halogenated alkanes) is 24. The molecule has 0 atom stereocenters. The number of hydrogen-bond donors (Lipinski definition) is 1. The molecule has 0 unspecified atom stereocenters. The molecule has 1 N–H and O–H groups in total. The fourth-order valence-corrected chi connectivity index (χ4v) is 7.03. The first-order valence-electron chi connectivity index (χ1n) is 20.3. The van der Waals surface area contributed by atoms with Crippen molar-refractivity contribution in [3.63, 3.8) is 0 Å². The lowest BCUT2D eigenvalue weighted by Crippen LogP contribution is -2.26. The summed E-state index contributed by atoms with van der Waals surface area (Å²) < 4.78 is 34.3. The van der Waals surface area contributed by atoms with Crippen LogP contribution in [0.3, 0.4) is 0 Å². The van der Waals surface area contributed by atoms with E-state index in [9.17, 15) is 8.42 Å². The molecule has 47 heavy (non-hydrogen) atoms. The maximum Gasteiger partial charge on any atom is 0.399 e. The van der Waals surface area contributed by atoms with Crippen molar-refractivity contribution in [3.05, 3.63) is 24.3 Å². The molecule has 0 aromatic heterocycles. The lowest BCUT2D eigenvalue weighted by atomic mass is 9.80. The number of allylic oxidation sites excluding steroid dienone is 4. The molecule has 6 heteroatoms. The van der Waals surface area contributed by atoms with Gasteiger partial charge in [0, 0.05) is 0 Å². The molecule has 0 bridgehead atoms. The fraction of sp³-hybridized carbons (Fsp3) is 0.902. The van der Waals surface area contributed by atoms with E-state index in [2.05, 4.69) is 45.1 Å². The summed E-state index contributed by atoms with van der Waals surface area (Å²) in [5.74, 6) is 0. The van der Waals surface area contributed by atoms with Crippen LogP contribution in [0.2, 0.25) is 0 Å². The quantitative estimate of drug-likeness (QED) is 0.0517. The summed E-state index contributed by atoms with van der Waals surface area (Å²) in [6.07, 6.45) is 47.5. The summed E-state index contributed by atoms with van der Waals surface area (Å²) in [5.41, 5.74) is -0.183. The van der Waals surface area contributed by atoms with Gasteiger partial charge in [0.1, 0.15) is 0 Å². The summed E-state index contributed by atoms with van der Waals surface area (Å²) in [6, 6.07) is 0. The van der Waals surface area contributed by atoms with Gasteiger partial charge in [-0.1, -0.05) is 173 Å². The van der Waals surface area contributed by atoms with Crippen molar-refractivity contribution in [2.45, 2.75) is 213 Å². The number of rotatable bonds is 38. The third kappa shape index (κ3) is 35.0. The van der Waals surface area contributed by atoms with E-state index in [1.54, 1.807) is 0 Å². The summed E-state index contributed by atoms with van der Waals surface area (Å²) in [4.78, 5) is 0. The highest BCUT2D eigenvalue weighted by Gasteiger charge is 2.27. The molecule has 280 valence electrons. The predicted molar refractivity (Wildman–Crippen MR) is 204 cm³/mol. The largest absolute Gasteiger partial charge is 0.399 e. The molecule has 0 aromatic carbocycles. The van der Waals surface area contributed by atoms with Gasteiger partial charge < -0.3 is 5.11 Å². The number of hydrogen-bond acceptors (Lipinski definition) is 5. The zero-order chi connectivity index (χ0) is 34.6. The lowest BCUT2D eigenvalue weighted by Gasteiger charge is -2.29. The Kier molecular flexibility index (Phi) is 34.6. The van der Waals surface area contributed by atoms with E-state index in [4.69, 9.17) is 13.5 Å². The molecule has 0 spiro atoms. The van der Waals surface area contributed by atoms with E-state index in [0.29, 0.717) is 0 Å². The average Bonchev–Trinajstić information content (AvgIpc) is 3.06. The molecule has 0 heterocycles. The van der Waals surface area contributed by atoms with Crippen LogP contribution in [0.5, 0.6) is 0 Å². The Labute approximate surface area is 294 Å². The molecule has 5 nitrogen and oxygen atoms in total. The first-order chi connectivity index (χ1) is 22.9. The molecule has 0 aliphatic heterocycles. The van der Waals surface area contributed by atoms with E-state index in [1.807, 2.05) is 0 Å². The van der Waals surface area contributed by atoms with Gasteiger partial charge in [0.05, 0.1) is 19.8 Å². The number of aliphatic hydroxyl groups is 1. The SMILES string of the molecule is CCCCCCCC/C=C\CCCCCCCCC(C)(CCCCCCCC/C=C\CCCCCCCC)COS(=O)(=O)OCCO. The standard InChI is InChI=1S/C41H80O5S/c1-4-6-8-10-12-14-16-18-20-22-24-26-28-30-32-34-36-41(3,40-46-47(43,44)45-39-38-42)37-35-33-31-29-27-25-23-21-19-17-15-13-11-9-7-5-2/h18-21,42H,4-17,22-40H2,1-3H3/b20-18-,21-19-. The van der Waals surface area contributed by atoms with Crippen LogP contribution in [0.4, 0.5) is 0 Å². The highest BCUT2D eigenvalue weighted by atomic mass is 32.3. The molecule has 0 amide bonds. The molecular formula is C41H80O5S. The zero-order valence-corrected chi connectivity index (χ0v) is 32.4. The average molecular weight is 685 g/mol. The van der Waals surface area contributed by atoms with Crippen LogP contribution < -0.4 is 0 Å². The van der Waals surface area contributed by atoms with Crippen LogP contribution in [0.25, 0.3) is 0 Å². The van der Waals surface area contributed by atoms with Crippen LogP contribution in [0.1, 0.15) is 213 Å². The molecular weight excluding hydrogens is 605 g/mol. The predicted octanol–water partition coefficient (Wildman–Crippen LogP) is 13.1. The molecule has 0 saturated carbocycles. The van der Waals surface area contributed by atoms with Crippen molar-refractivity contribution in [3.8, 4) is 0 Å². The highest BCUT2D eigenvalue weighted by Crippen LogP contribution is 2.33. The smallest absolute Gasteiger partial charge is 0.394 e. The topological polar surface area (TPSA) is 72.8 Å². The Morgan fingerprint density at radius 3 is 1.15 bits per heavy atom. The summed E-state index contributed by atoms with van der Waals surface area (Å²) >= 11 is 0. The van der Waals surface area contributed by atoms with Crippen LogP contribution in [-0.2, 0) is 18.8 Å². The maximum absolute atomic E-state index is 12.1.